The average molecular weight is 339 g/mol. The van der Waals surface area contributed by atoms with Gasteiger partial charge in [-0.1, -0.05) is 12.1 Å². The summed E-state index contributed by atoms with van der Waals surface area (Å²) in [5.74, 6) is 1.02. The lowest BCUT2D eigenvalue weighted by Gasteiger charge is -2.23. The predicted molar refractivity (Wildman–Crippen MR) is 100 cm³/mol. The first-order chi connectivity index (χ1) is 11.7. The number of nitrogens with zero attached hydrogens (tertiary/aromatic N) is 5. The number of hydrogen-bond acceptors (Lipinski definition) is 6. The van der Waals surface area contributed by atoms with Crippen molar-refractivity contribution < 1.29 is 0 Å². The zero-order chi connectivity index (χ0) is 16.5. The van der Waals surface area contributed by atoms with Crippen LogP contribution < -0.4 is 9.80 Å². The molecule has 24 heavy (non-hydrogen) atoms. The van der Waals surface area contributed by atoms with Crippen LogP contribution in [-0.4, -0.2) is 41.1 Å². The Labute approximate surface area is 146 Å². The van der Waals surface area contributed by atoms with Crippen LogP contribution in [0.25, 0.3) is 11.0 Å². The number of benzene rings is 1. The minimum atomic E-state index is 0.951. The lowest BCUT2D eigenvalue weighted by atomic mass is 10.2. The monoisotopic (exact) mass is 339 g/mol. The lowest BCUT2D eigenvalue weighted by Crippen LogP contribution is -2.31. The van der Waals surface area contributed by atoms with E-state index in [0.717, 1.165) is 66.0 Å². The minimum absolute atomic E-state index is 0.951. The van der Waals surface area contributed by atoms with Gasteiger partial charge >= 0.3 is 0 Å². The van der Waals surface area contributed by atoms with Crippen LogP contribution in [0.3, 0.4) is 0 Å². The van der Waals surface area contributed by atoms with E-state index in [4.69, 9.17) is 9.97 Å². The first-order valence-corrected chi connectivity index (χ1v) is 9.24. The van der Waals surface area contributed by atoms with Crippen molar-refractivity contribution in [2.45, 2.75) is 20.3 Å². The van der Waals surface area contributed by atoms with E-state index in [-0.39, 0.29) is 0 Å². The topological polar surface area (TPSA) is 45.2 Å². The van der Waals surface area contributed by atoms with E-state index in [2.05, 4.69) is 34.0 Å². The van der Waals surface area contributed by atoms with Gasteiger partial charge < -0.3 is 9.80 Å². The molecule has 0 N–H and O–H groups in total. The largest absolute Gasteiger partial charge is 0.353 e. The Balaban J connectivity index is 1.58. The molecule has 0 saturated carbocycles. The third-order valence-electron chi connectivity index (χ3n) is 4.39. The van der Waals surface area contributed by atoms with Crippen molar-refractivity contribution in [2.24, 2.45) is 0 Å². The average Bonchev–Trinajstić information content (AvgIpc) is 2.87. The Morgan fingerprint density at radius 2 is 1.58 bits per heavy atom. The second kappa shape index (κ2) is 6.36. The molecule has 6 heteroatoms. The maximum Gasteiger partial charge on any atom is 0.185 e. The van der Waals surface area contributed by atoms with Crippen molar-refractivity contribution in [2.75, 3.05) is 36.0 Å². The van der Waals surface area contributed by atoms with Crippen LogP contribution in [0.15, 0.2) is 29.6 Å². The van der Waals surface area contributed by atoms with Crippen molar-refractivity contribution in [3.63, 3.8) is 0 Å². The van der Waals surface area contributed by atoms with E-state index < -0.39 is 0 Å². The quantitative estimate of drug-likeness (QED) is 0.716. The van der Waals surface area contributed by atoms with E-state index in [9.17, 15) is 0 Å². The zero-order valence-electron chi connectivity index (χ0n) is 14.1. The molecule has 3 aromatic rings. The lowest BCUT2D eigenvalue weighted by molar-refractivity contribution is 0.793. The number of aromatic nitrogens is 3. The van der Waals surface area contributed by atoms with Crippen molar-refractivity contribution >= 4 is 33.3 Å². The van der Waals surface area contributed by atoms with Gasteiger partial charge in [0.25, 0.3) is 0 Å². The molecule has 1 aliphatic heterocycles. The fourth-order valence-electron chi connectivity index (χ4n) is 3.19. The summed E-state index contributed by atoms with van der Waals surface area (Å²) in [4.78, 5) is 19.0. The van der Waals surface area contributed by atoms with Crippen LogP contribution >= 0.6 is 11.3 Å². The molecule has 4 rings (SSSR count). The maximum atomic E-state index is 4.87. The maximum absolute atomic E-state index is 4.87. The molecule has 1 saturated heterocycles. The molecule has 0 aliphatic carbocycles. The van der Waals surface area contributed by atoms with Crippen LogP contribution in [0.5, 0.6) is 0 Å². The highest BCUT2D eigenvalue weighted by Gasteiger charge is 2.20. The summed E-state index contributed by atoms with van der Waals surface area (Å²) in [7, 11) is 0. The summed E-state index contributed by atoms with van der Waals surface area (Å²) < 4.78 is 0. The number of anilines is 2. The summed E-state index contributed by atoms with van der Waals surface area (Å²) >= 11 is 1.74. The smallest absolute Gasteiger partial charge is 0.185 e. The zero-order valence-corrected chi connectivity index (χ0v) is 14.9. The van der Waals surface area contributed by atoms with E-state index >= 15 is 0 Å². The molecule has 5 nitrogen and oxygen atoms in total. The molecule has 0 spiro atoms. The SMILES string of the molecule is Cc1csc(N2CCCN(c3nc4ccccc4nc3C)CC2)n1. The van der Waals surface area contributed by atoms with Crippen LogP contribution in [0.1, 0.15) is 17.8 Å². The highest BCUT2D eigenvalue weighted by atomic mass is 32.1. The summed E-state index contributed by atoms with van der Waals surface area (Å²) in [5.41, 5.74) is 4.04. The van der Waals surface area contributed by atoms with Gasteiger partial charge in [-0.25, -0.2) is 15.0 Å². The molecule has 124 valence electrons. The third-order valence-corrected chi connectivity index (χ3v) is 5.41. The Morgan fingerprint density at radius 1 is 0.875 bits per heavy atom. The van der Waals surface area contributed by atoms with E-state index in [1.165, 1.54) is 0 Å². The Hall–Kier alpha value is -2.21. The molecule has 0 bridgehead atoms. The van der Waals surface area contributed by atoms with Crippen LogP contribution in [0.4, 0.5) is 10.9 Å². The fourth-order valence-corrected chi connectivity index (χ4v) is 4.04. The molecular formula is C18H21N5S. The molecule has 1 fully saturated rings. The number of thiazole rings is 1. The van der Waals surface area contributed by atoms with Crippen LogP contribution in [0.2, 0.25) is 0 Å². The van der Waals surface area contributed by atoms with Crippen molar-refractivity contribution in [3.05, 3.63) is 41.0 Å². The second-order valence-corrected chi connectivity index (χ2v) is 7.06. The van der Waals surface area contributed by atoms with Gasteiger partial charge in [-0.3, -0.25) is 0 Å². The second-order valence-electron chi connectivity index (χ2n) is 6.22. The Bertz CT molecular complexity index is 859. The first kappa shape index (κ1) is 15.3. The molecule has 3 heterocycles. The van der Waals surface area contributed by atoms with Gasteiger partial charge in [0, 0.05) is 31.6 Å². The van der Waals surface area contributed by atoms with Crippen LogP contribution in [0, 0.1) is 13.8 Å². The van der Waals surface area contributed by atoms with Gasteiger partial charge in [-0.15, -0.1) is 11.3 Å². The highest BCUT2D eigenvalue weighted by molar-refractivity contribution is 7.13. The van der Waals surface area contributed by atoms with Crippen LogP contribution in [-0.2, 0) is 0 Å². The number of hydrogen-bond donors (Lipinski definition) is 0. The van der Waals surface area contributed by atoms with Gasteiger partial charge in [-0.05, 0) is 32.4 Å². The Kier molecular flexibility index (Phi) is 4.06. The van der Waals surface area contributed by atoms with Gasteiger partial charge in [0.15, 0.2) is 10.9 Å². The molecule has 0 amide bonds. The molecular weight excluding hydrogens is 318 g/mol. The third kappa shape index (κ3) is 2.94. The fraction of sp³-hybridized carbons (Fsp3) is 0.389. The predicted octanol–water partition coefficient (Wildman–Crippen LogP) is 3.42. The highest BCUT2D eigenvalue weighted by Crippen LogP contribution is 2.24. The standard InChI is InChI=1S/C18H21N5S/c1-13-12-24-18(19-13)23-9-5-8-22(10-11-23)17-14(2)20-15-6-3-4-7-16(15)21-17/h3-4,6-7,12H,5,8-11H2,1-2H3. The molecule has 2 aromatic heterocycles. The van der Waals surface area contributed by atoms with E-state index in [1.807, 2.05) is 24.3 Å². The Morgan fingerprint density at radius 3 is 2.33 bits per heavy atom. The molecule has 0 unspecified atom stereocenters. The van der Waals surface area contributed by atoms with Crippen molar-refractivity contribution in [3.8, 4) is 0 Å². The van der Waals surface area contributed by atoms with Gasteiger partial charge in [0.05, 0.1) is 22.4 Å². The first-order valence-electron chi connectivity index (χ1n) is 8.36. The van der Waals surface area contributed by atoms with E-state index in [0.29, 0.717) is 0 Å². The van der Waals surface area contributed by atoms with Crippen molar-refractivity contribution in [1.29, 1.82) is 0 Å². The summed E-state index contributed by atoms with van der Waals surface area (Å²) in [6, 6.07) is 8.09. The summed E-state index contributed by atoms with van der Waals surface area (Å²) in [5, 5.41) is 3.26. The molecule has 0 radical (unpaired) electrons. The molecule has 0 atom stereocenters. The number of para-hydroxylation sites is 2. The number of aryl methyl sites for hydroxylation is 2. The summed E-state index contributed by atoms with van der Waals surface area (Å²) in [6.45, 7) is 8.09. The summed E-state index contributed by atoms with van der Waals surface area (Å²) in [6.07, 6.45) is 1.10. The van der Waals surface area contributed by atoms with Crippen molar-refractivity contribution in [1.82, 2.24) is 15.0 Å². The van der Waals surface area contributed by atoms with Gasteiger partial charge in [0.1, 0.15) is 0 Å². The molecule has 1 aliphatic rings. The number of rotatable bonds is 2. The molecule has 1 aromatic carbocycles. The minimum Gasteiger partial charge on any atom is -0.353 e. The normalized spacial score (nSPS) is 15.8. The van der Waals surface area contributed by atoms with Gasteiger partial charge in [0.2, 0.25) is 0 Å². The number of fused-ring (bicyclic) bond motifs is 1. The van der Waals surface area contributed by atoms with E-state index in [1.54, 1.807) is 11.3 Å². The van der Waals surface area contributed by atoms with Gasteiger partial charge in [-0.2, -0.15) is 0 Å².